The molecule has 0 saturated carbocycles. The van der Waals surface area contributed by atoms with Crippen molar-refractivity contribution in [2.45, 2.75) is 44.0 Å². The molecule has 0 radical (unpaired) electrons. The minimum atomic E-state index is -3.88. The molecule has 2 heterocycles. The molecule has 1 aliphatic heterocycles. The van der Waals surface area contributed by atoms with Crippen LogP contribution in [0, 0.1) is 6.92 Å². The molecule has 2 aromatic carbocycles. The summed E-state index contributed by atoms with van der Waals surface area (Å²) in [5.41, 5.74) is 3.26. The van der Waals surface area contributed by atoms with Crippen LogP contribution in [0.25, 0.3) is 0 Å². The number of benzene rings is 2. The number of fused-ring (bicyclic) bond motifs is 1. The molecule has 3 aromatic rings. The van der Waals surface area contributed by atoms with Crippen LogP contribution in [-0.2, 0) is 26.0 Å². The Bertz CT molecular complexity index is 1320. The number of nitrogens with zero attached hydrogens (tertiary/aromatic N) is 2. The molecule has 7 nitrogen and oxygen atoms in total. The third-order valence-electron chi connectivity index (χ3n) is 6.89. The fraction of sp³-hybridized carbons (Fsp3) is 0.414. The first-order chi connectivity index (χ1) is 18.2. The van der Waals surface area contributed by atoms with Gasteiger partial charge < -0.3 is 14.4 Å². The third kappa shape index (κ3) is 6.46. The van der Waals surface area contributed by atoms with Crippen molar-refractivity contribution in [3.63, 3.8) is 0 Å². The standard InChI is InChI=1S/C29H36N2O5S2/c1-21(2)23-7-9-24(10-8-23)36-20-27-26-14-18-37-28(26)13-15-31(27)29(32)19-30(16-17-35-4)38(33,34)25-11-5-22(3)6-12-25/h5-12,14,18,21,27H,13,15-17,19-20H2,1-4H3/t27-/m1/s1. The Morgan fingerprint density at radius 3 is 2.47 bits per heavy atom. The summed E-state index contributed by atoms with van der Waals surface area (Å²) in [4.78, 5) is 16.9. The Balaban J connectivity index is 1.54. The van der Waals surface area contributed by atoms with Gasteiger partial charge in [-0.3, -0.25) is 4.79 Å². The maximum Gasteiger partial charge on any atom is 0.243 e. The van der Waals surface area contributed by atoms with E-state index in [-0.39, 0.29) is 36.5 Å². The highest BCUT2D eigenvalue weighted by Crippen LogP contribution is 2.34. The number of methoxy groups -OCH3 is 1. The van der Waals surface area contributed by atoms with Crippen molar-refractivity contribution < 1.29 is 22.7 Å². The first-order valence-electron chi connectivity index (χ1n) is 12.8. The maximum absolute atomic E-state index is 13.7. The quantitative estimate of drug-likeness (QED) is 0.332. The Morgan fingerprint density at radius 1 is 1.11 bits per heavy atom. The van der Waals surface area contributed by atoms with Gasteiger partial charge in [0.2, 0.25) is 15.9 Å². The fourth-order valence-electron chi connectivity index (χ4n) is 4.58. The zero-order chi connectivity index (χ0) is 27.3. The summed E-state index contributed by atoms with van der Waals surface area (Å²) < 4.78 is 39.5. The van der Waals surface area contributed by atoms with Crippen LogP contribution in [0.2, 0.25) is 0 Å². The Kier molecular flexibility index (Phi) is 9.25. The fourth-order valence-corrected chi connectivity index (χ4v) is 6.88. The summed E-state index contributed by atoms with van der Waals surface area (Å²) in [5, 5.41) is 2.04. The van der Waals surface area contributed by atoms with E-state index in [1.807, 2.05) is 30.5 Å². The zero-order valence-electron chi connectivity index (χ0n) is 22.4. The second-order valence-electron chi connectivity index (χ2n) is 9.83. The van der Waals surface area contributed by atoms with E-state index >= 15 is 0 Å². The van der Waals surface area contributed by atoms with Gasteiger partial charge in [0.25, 0.3) is 0 Å². The molecule has 0 bridgehead atoms. The van der Waals surface area contributed by atoms with E-state index in [9.17, 15) is 13.2 Å². The van der Waals surface area contributed by atoms with E-state index in [0.717, 1.165) is 23.3 Å². The topological polar surface area (TPSA) is 76.2 Å². The van der Waals surface area contributed by atoms with Gasteiger partial charge in [0.1, 0.15) is 12.4 Å². The highest BCUT2D eigenvalue weighted by Gasteiger charge is 2.35. The van der Waals surface area contributed by atoms with Gasteiger partial charge >= 0.3 is 0 Å². The van der Waals surface area contributed by atoms with Crippen LogP contribution in [0.15, 0.2) is 64.9 Å². The molecule has 0 aliphatic carbocycles. The average molecular weight is 557 g/mol. The van der Waals surface area contributed by atoms with Crippen molar-refractivity contribution >= 4 is 27.3 Å². The van der Waals surface area contributed by atoms with Gasteiger partial charge in [-0.05, 0) is 66.1 Å². The summed E-state index contributed by atoms with van der Waals surface area (Å²) in [6, 6.07) is 16.4. The van der Waals surface area contributed by atoms with Gasteiger partial charge in [0.15, 0.2) is 0 Å². The molecular weight excluding hydrogens is 520 g/mol. The molecule has 1 aromatic heterocycles. The number of rotatable bonds is 11. The molecule has 0 saturated heterocycles. The maximum atomic E-state index is 13.7. The number of carbonyl (C=O) groups is 1. The predicted octanol–water partition coefficient (Wildman–Crippen LogP) is 5.02. The molecule has 204 valence electrons. The molecule has 1 amide bonds. The minimum Gasteiger partial charge on any atom is -0.491 e. The van der Waals surface area contributed by atoms with E-state index in [1.165, 1.54) is 21.9 Å². The first kappa shape index (κ1) is 28.3. The molecule has 0 N–H and O–H groups in total. The van der Waals surface area contributed by atoms with Crippen molar-refractivity contribution in [2.75, 3.05) is 40.0 Å². The molecule has 9 heteroatoms. The largest absolute Gasteiger partial charge is 0.491 e. The van der Waals surface area contributed by atoms with Crippen LogP contribution in [0.3, 0.4) is 0 Å². The van der Waals surface area contributed by atoms with Crippen LogP contribution in [-0.4, -0.2) is 63.5 Å². The number of sulfonamides is 1. The van der Waals surface area contributed by atoms with E-state index in [4.69, 9.17) is 9.47 Å². The zero-order valence-corrected chi connectivity index (χ0v) is 24.1. The van der Waals surface area contributed by atoms with Crippen LogP contribution in [0.5, 0.6) is 5.75 Å². The molecular formula is C29H36N2O5S2. The van der Waals surface area contributed by atoms with Gasteiger partial charge in [-0.25, -0.2) is 8.42 Å². The number of amides is 1. The number of carbonyl (C=O) groups excluding carboxylic acids is 1. The van der Waals surface area contributed by atoms with Crippen LogP contribution < -0.4 is 4.74 Å². The Labute approximate surface area is 230 Å². The van der Waals surface area contributed by atoms with Crippen LogP contribution in [0.4, 0.5) is 0 Å². The second kappa shape index (κ2) is 12.4. The van der Waals surface area contributed by atoms with Gasteiger partial charge in [-0.15, -0.1) is 11.3 Å². The molecule has 0 unspecified atom stereocenters. The summed E-state index contributed by atoms with van der Waals surface area (Å²) in [6.45, 7) is 7.00. The lowest BCUT2D eigenvalue weighted by Crippen LogP contribution is -2.48. The average Bonchev–Trinajstić information content (AvgIpc) is 3.39. The summed E-state index contributed by atoms with van der Waals surface area (Å²) in [6.07, 6.45) is 0.737. The van der Waals surface area contributed by atoms with Gasteiger partial charge in [0, 0.05) is 25.1 Å². The number of hydrogen-bond donors (Lipinski definition) is 0. The second-order valence-corrected chi connectivity index (χ2v) is 12.8. The molecule has 0 spiro atoms. The molecule has 4 rings (SSSR count). The van der Waals surface area contributed by atoms with Crippen molar-refractivity contribution in [1.29, 1.82) is 0 Å². The number of thiophene rings is 1. The van der Waals surface area contributed by atoms with Crippen LogP contribution >= 0.6 is 11.3 Å². The summed E-state index contributed by atoms with van der Waals surface area (Å²) in [5.74, 6) is 0.923. The third-order valence-corrected chi connectivity index (χ3v) is 9.74. The lowest BCUT2D eigenvalue weighted by atomic mass is 10.0. The molecule has 38 heavy (non-hydrogen) atoms. The van der Waals surface area contributed by atoms with Crippen molar-refractivity contribution in [3.8, 4) is 5.75 Å². The SMILES string of the molecule is COCCN(CC(=O)N1CCc2sccc2[C@H]1COc1ccc(C(C)C)cc1)S(=O)(=O)c1ccc(C)cc1. The lowest BCUT2D eigenvalue weighted by molar-refractivity contribution is -0.135. The number of ether oxygens (including phenoxy) is 2. The van der Waals surface area contributed by atoms with Crippen molar-refractivity contribution in [1.82, 2.24) is 9.21 Å². The Morgan fingerprint density at radius 2 is 1.82 bits per heavy atom. The molecule has 1 atom stereocenters. The monoisotopic (exact) mass is 556 g/mol. The van der Waals surface area contributed by atoms with E-state index in [2.05, 4.69) is 26.0 Å². The minimum absolute atomic E-state index is 0.0827. The normalized spacial score (nSPS) is 15.6. The molecule has 0 fully saturated rings. The first-order valence-corrected chi connectivity index (χ1v) is 15.2. The highest BCUT2D eigenvalue weighted by molar-refractivity contribution is 7.89. The van der Waals surface area contributed by atoms with Gasteiger partial charge in [-0.1, -0.05) is 43.7 Å². The van der Waals surface area contributed by atoms with E-state index in [0.29, 0.717) is 19.1 Å². The lowest BCUT2D eigenvalue weighted by Gasteiger charge is -2.37. The number of hydrogen-bond acceptors (Lipinski definition) is 6. The van der Waals surface area contributed by atoms with Crippen molar-refractivity contribution in [3.05, 3.63) is 81.5 Å². The van der Waals surface area contributed by atoms with Crippen LogP contribution in [0.1, 0.15) is 47.4 Å². The summed E-state index contributed by atoms with van der Waals surface area (Å²) in [7, 11) is -2.36. The van der Waals surface area contributed by atoms with Gasteiger partial charge in [-0.2, -0.15) is 4.31 Å². The highest BCUT2D eigenvalue weighted by atomic mass is 32.2. The number of aryl methyl sites for hydroxylation is 1. The van der Waals surface area contributed by atoms with Gasteiger partial charge in [0.05, 0.1) is 24.1 Å². The molecule has 1 aliphatic rings. The van der Waals surface area contributed by atoms with Crippen molar-refractivity contribution in [2.24, 2.45) is 0 Å². The Hall–Kier alpha value is -2.72. The van der Waals surface area contributed by atoms with E-state index < -0.39 is 10.0 Å². The smallest absolute Gasteiger partial charge is 0.243 e. The predicted molar refractivity (Wildman–Crippen MR) is 150 cm³/mol. The summed E-state index contributed by atoms with van der Waals surface area (Å²) >= 11 is 1.68. The van der Waals surface area contributed by atoms with E-state index in [1.54, 1.807) is 40.5 Å².